The van der Waals surface area contributed by atoms with Gasteiger partial charge in [-0.05, 0) is 54.7 Å². The molecular formula is C35H37N3O5. The van der Waals surface area contributed by atoms with Crippen molar-refractivity contribution in [1.82, 2.24) is 4.90 Å². The Morgan fingerprint density at radius 3 is 2.60 bits per heavy atom. The highest BCUT2D eigenvalue weighted by molar-refractivity contribution is 6.07. The number of aliphatic hydroxyl groups is 2. The van der Waals surface area contributed by atoms with Crippen molar-refractivity contribution in [3.63, 3.8) is 0 Å². The minimum atomic E-state index is -1.79. The number of nitrogens with zero attached hydrogens (tertiary/aromatic N) is 3. The van der Waals surface area contributed by atoms with Crippen molar-refractivity contribution in [3.8, 4) is 0 Å². The van der Waals surface area contributed by atoms with Crippen LogP contribution in [0.5, 0.6) is 0 Å². The van der Waals surface area contributed by atoms with Gasteiger partial charge in [0.2, 0.25) is 11.8 Å². The van der Waals surface area contributed by atoms with Crippen molar-refractivity contribution in [2.75, 3.05) is 23.0 Å². The van der Waals surface area contributed by atoms with E-state index in [2.05, 4.69) is 0 Å². The number of rotatable bonds is 8. The van der Waals surface area contributed by atoms with Gasteiger partial charge in [0.15, 0.2) is 5.60 Å². The monoisotopic (exact) mass is 579 g/mol. The maximum atomic E-state index is 14.0. The number of anilines is 3. The number of likely N-dealkylation sites (tertiary alicyclic amines) is 1. The summed E-state index contributed by atoms with van der Waals surface area (Å²) in [6.45, 7) is 2.60. The number of aryl methyl sites for hydroxylation is 1. The van der Waals surface area contributed by atoms with Crippen molar-refractivity contribution in [2.24, 2.45) is 5.92 Å². The topological polar surface area (TPSA) is 101 Å². The number of amides is 3. The smallest absolute Gasteiger partial charge is 0.264 e. The zero-order valence-corrected chi connectivity index (χ0v) is 24.4. The van der Waals surface area contributed by atoms with Crippen LogP contribution in [-0.2, 0) is 33.0 Å². The zero-order valence-electron chi connectivity index (χ0n) is 24.4. The summed E-state index contributed by atoms with van der Waals surface area (Å²) in [6.07, 6.45) is 6.42. The van der Waals surface area contributed by atoms with Gasteiger partial charge in [0.05, 0.1) is 30.6 Å². The van der Waals surface area contributed by atoms with Crippen molar-refractivity contribution in [3.05, 3.63) is 102 Å². The lowest BCUT2D eigenvalue weighted by molar-refractivity contribution is -0.139. The van der Waals surface area contributed by atoms with Crippen LogP contribution in [0.1, 0.15) is 49.3 Å². The van der Waals surface area contributed by atoms with E-state index in [1.807, 2.05) is 66.7 Å². The molecule has 1 fully saturated rings. The molecule has 3 aromatic carbocycles. The first-order valence-electron chi connectivity index (χ1n) is 15.0. The third-order valence-corrected chi connectivity index (χ3v) is 9.06. The largest absolute Gasteiger partial charge is 0.394 e. The number of carbonyl (C=O) groups excluding carboxylic acids is 3. The van der Waals surface area contributed by atoms with E-state index in [1.54, 1.807) is 39.8 Å². The summed E-state index contributed by atoms with van der Waals surface area (Å²) in [6, 6.07) is 22.7. The summed E-state index contributed by atoms with van der Waals surface area (Å²) in [7, 11) is 0. The average Bonchev–Trinajstić information content (AvgIpc) is 3.59. The van der Waals surface area contributed by atoms with Crippen molar-refractivity contribution < 1.29 is 24.6 Å². The normalized spacial score (nSPS) is 22.3. The van der Waals surface area contributed by atoms with Crippen LogP contribution in [0.15, 0.2) is 84.9 Å². The van der Waals surface area contributed by atoms with Gasteiger partial charge in [0.1, 0.15) is 0 Å². The Kier molecular flexibility index (Phi) is 7.90. The van der Waals surface area contributed by atoms with Gasteiger partial charge in [-0.15, -0.1) is 0 Å². The molecular weight excluding hydrogens is 542 g/mol. The minimum Gasteiger partial charge on any atom is -0.394 e. The number of hydrogen-bond acceptors (Lipinski definition) is 5. The van der Waals surface area contributed by atoms with E-state index in [-0.39, 0.29) is 37.4 Å². The summed E-state index contributed by atoms with van der Waals surface area (Å²) >= 11 is 0. The van der Waals surface area contributed by atoms with Crippen molar-refractivity contribution >= 4 is 34.8 Å². The van der Waals surface area contributed by atoms with Gasteiger partial charge in [-0.25, -0.2) is 0 Å². The van der Waals surface area contributed by atoms with Crippen LogP contribution >= 0.6 is 0 Å². The Morgan fingerprint density at radius 1 is 1.02 bits per heavy atom. The molecule has 0 aliphatic carbocycles. The van der Waals surface area contributed by atoms with Gasteiger partial charge in [-0.3, -0.25) is 19.3 Å². The van der Waals surface area contributed by atoms with Gasteiger partial charge in [0.25, 0.3) is 5.91 Å². The highest BCUT2D eigenvalue weighted by Crippen LogP contribution is 2.46. The number of fused-ring (bicyclic) bond motifs is 2. The lowest BCUT2D eigenvalue weighted by atomic mass is 9.83. The van der Waals surface area contributed by atoms with E-state index >= 15 is 0 Å². The SMILES string of the molecule is C[C@@H](/C=C/CC(=O)N1CCC[C@H]1CO)[C@]1(O)C(=O)N(Cc2cccc(N3C(=O)CCc4ccccc43)c2)c2ccccc21. The highest BCUT2D eigenvalue weighted by atomic mass is 16.3. The fourth-order valence-electron chi connectivity index (χ4n) is 6.73. The molecule has 3 atom stereocenters. The lowest BCUT2D eigenvalue weighted by Gasteiger charge is -2.30. The first-order valence-corrected chi connectivity index (χ1v) is 15.0. The second kappa shape index (κ2) is 11.8. The third kappa shape index (κ3) is 5.15. The quantitative estimate of drug-likeness (QED) is 0.380. The summed E-state index contributed by atoms with van der Waals surface area (Å²) in [4.78, 5) is 44.8. The molecule has 6 rings (SSSR count). The van der Waals surface area contributed by atoms with Crippen LogP contribution in [-0.4, -0.2) is 52.0 Å². The predicted octanol–water partition coefficient (Wildman–Crippen LogP) is 4.60. The molecule has 222 valence electrons. The summed E-state index contributed by atoms with van der Waals surface area (Å²) < 4.78 is 0. The predicted molar refractivity (Wildman–Crippen MR) is 165 cm³/mol. The Morgan fingerprint density at radius 2 is 1.79 bits per heavy atom. The second-order valence-corrected chi connectivity index (χ2v) is 11.7. The number of carbonyl (C=O) groups is 3. The van der Waals surface area contributed by atoms with Crippen LogP contribution in [0.3, 0.4) is 0 Å². The molecule has 8 nitrogen and oxygen atoms in total. The molecule has 8 heteroatoms. The molecule has 1 saturated heterocycles. The maximum absolute atomic E-state index is 14.0. The van der Waals surface area contributed by atoms with E-state index in [0.717, 1.165) is 35.3 Å². The van der Waals surface area contributed by atoms with Gasteiger partial charge >= 0.3 is 0 Å². The van der Waals surface area contributed by atoms with E-state index in [9.17, 15) is 24.6 Å². The molecule has 3 aliphatic heterocycles. The van der Waals surface area contributed by atoms with E-state index in [4.69, 9.17) is 0 Å². The molecule has 0 saturated carbocycles. The van der Waals surface area contributed by atoms with Crippen LogP contribution in [0.25, 0.3) is 0 Å². The van der Waals surface area contributed by atoms with Crippen LogP contribution < -0.4 is 9.80 Å². The summed E-state index contributed by atoms with van der Waals surface area (Å²) in [5.74, 6) is -1.06. The number of para-hydroxylation sites is 2. The van der Waals surface area contributed by atoms with Crippen molar-refractivity contribution in [1.29, 1.82) is 0 Å². The number of benzene rings is 3. The van der Waals surface area contributed by atoms with E-state index in [0.29, 0.717) is 30.6 Å². The van der Waals surface area contributed by atoms with Crippen LogP contribution in [0.4, 0.5) is 17.1 Å². The minimum absolute atomic E-state index is 0.0310. The van der Waals surface area contributed by atoms with Gasteiger partial charge in [-0.2, -0.15) is 0 Å². The highest BCUT2D eigenvalue weighted by Gasteiger charge is 2.52. The Balaban J connectivity index is 1.23. The van der Waals surface area contributed by atoms with E-state index in [1.165, 1.54) is 0 Å². The molecule has 3 amide bonds. The second-order valence-electron chi connectivity index (χ2n) is 11.7. The molecule has 0 aromatic heterocycles. The third-order valence-electron chi connectivity index (χ3n) is 9.06. The van der Waals surface area contributed by atoms with Crippen LogP contribution in [0, 0.1) is 5.92 Å². The van der Waals surface area contributed by atoms with Gasteiger partial charge < -0.3 is 20.0 Å². The zero-order chi connectivity index (χ0) is 30.1. The molecule has 0 unspecified atom stereocenters. The number of hydrogen-bond donors (Lipinski definition) is 2. The summed E-state index contributed by atoms with van der Waals surface area (Å²) in [5, 5.41) is 21.5. The van der Waals surface area contributed by atoms with E-state index < -0.39 is 17.4 Å². The lowest BCUT2D eigenvalue weighted by Crippen LogP contribution is -2.44. The molecule has 43 heavy (non-hydrogen) atoms. The van der Waals surface area contributed by atoms with Crippen LogP contribution in [0.2, 0.25) is 0 Å². The number of aliphatic hydroxyl groups excluding tert-OH is 1. The Bertz CT molecular complexity index is 1580. The summed E-state index contributed by atoms with van der Waals surface area (Å²) in [5.41, 5.74) is 2.95. The Hall–Kier alpha value is -4.27. The van der Waals surface area contributed by atoms with Gasteiger partial charge in [-0.1, -0.05) is 67.6 Å². The van der Waals surface area contributed by atoms with Gasteiger partial charge in [0, 0.05) is 36.6 Å². The van der Waals surface area contributed by atoms with Crippen molar-refractivity contribution in [2.45, 2.75) is 57.2 Å². The first kappa shape index (κ1) is 28.8. The molecule has 0 bridgehead atoms. The molecule has 2 N–H and O–H groups in total. The first-order chi connectivity index (χ1) is 20.8. The fraction of sp³-hybridized carbons (Fsp3) is 0.343. The fourth-order valence-corrected chi connectivity index (χ4v) is 6.73. The Labute approximate surface area is 251 Å². The molecule has 3 aliphatic rings. The molecule has 3 aromatic rings. The molecule has 0 spiro atoms. The standard InChI is InChI=1S/C35H37N3O5/c1-24(9-6-17-32(40)36-20-8-13-28(36)23-39)35(43)29-14-3-5-16-31(29)37(34(35)42)22-25-10-7-12-27(21-25)38-30-15-4-2-11-26(30)18-19-33(38)41/h2-7,9-12,14-16,21,24,28,39,43H,8,13,17-20,22-23H2,1H3/b9-6+/t24-,28-,35+/m0/s1. The maximum Gasteiger partial charge on any atom is 0.264 e. The average molecular weight is 580 g/mol. The molecule has 3 heterocycles. The molecule has 0 radical (unpaired) electrons.